The summed E-state index contributed by atoms with van der Waals surface area (Å²) in [5.41, 5.74) is 0.405. The average molecular weight is 364 g/mol. The number of hydrogen-bond acceptors (Lipinski definition) is 5. The average Bonchev–Trinajstić information content (AvgIpc) is 3.17. The van der Waals surface area contributed by atoms with Crippen molar-refractivity contribution in [1.82, 2.24) is 10.6 Å². The van der Waals surface area contributed by atoms with Crippen LogP contribution in [0.1, 0.15) is 43.0 Å². The van der Waals surface area contributed by atoms with Crippen LogP contribution in [-0.4, -0.2) is 51.3 Å². The zero-order chi connectivity index (χ0) is 18.9. The topological polar surface area (TPSA) is 85.9 Å². The number of benzene rings is 1. The molecule has 2 rings (SSSR count). The number of carbonyl (C=O) groups excluding carboxylic acids is 2. The Balaban J connectivity index is 1.74. The summed E-state index contributed by atoms with van der Waals surface area (Å²) in [5, 5.41) is 5.52. The first kappa shape index (κ1) is 20.0. The first-order valence-electron chi connectivity index (χ1n) is 8.94. The van der Waals surface area contributed by atoms with Crippen LogP contribution in [0.5, 0.6) is 11.5 Å². The molecule has 2 N–H and O–H groups in total. The predicted octanol–water partition coefficient (Wildman–Crippen LogP) is 1.90. The second-order valence-electron chi connectivity index (χ2n) is 6.43. The molecule has 0 aliphatic carbocycles. The minimum atomic E-state index is -0.340. The Morgan fingerprint density at radius 1 is 1.27 bits per heavy atom. The van der Waals surface area contributed by atoms with Crippen molar-refractivity contribution < 1.29 is 23.8 Å². The molecule has 1 aromatic rings. The molecule has 0 aromatic heterocycles. The molecule has 7 heteroatoms. The van der Waals surface area contributed by atoms with Gasteiger partial charge in [0.1, 0.15) is 0 Å². The third kappa shape index (κ3) is 5.91. The smallest absolute Gasteiger partial charge is 0.251 e. The van der Waals surface area contributed by atoms with Crippen LogP contribution in [0.2, 0.25) is 0 Å². The summed E-state index contributed by atoms with van der Waals surface area (Å²) in [6.45, 7) is 2.73. The van der Waals surface area contributed by atoms with Crippen molar-refractivity contribution in [3.63, 3.8) is 0 Å². The minimum Gasteiger partial charge on any atom is -0.493 e. The molecule has 1 aromatic carbocycles. The number of carbonyl (C=O) groups is 2. The molecule has 26 heavy (non-hydrogen) atoms. The van der Waals surface area contributed by atoms with Gasteiger partial charge in [-0.3, -0.25) is 9.59 Å². The number of methoxy groups -OCH3 is 2. The van der Waals surface area contributed by atoms with E-state index in [1.807, 2.05) is 6.92 Å². The van der Waals surface area contributed by atoms with E-state index in [-0.39, 0.29) is 24.4 Å². The van der Waals surface area contributed by atoms with Crippen molar-refractivity contribution in [2.75, 3.05) is 27.4 Å². The molecular formula is C19H28N2O5. The molecule has 144 valence electrons. The summed E-state index contributed by atoms with van der Waals surface area (Å²) >= 11 is 0. The van der Waals surface area contributed by atoms with Gasteiger partial charge in [0, 0.05) is 18.2 Å². The fourth-order valence-corrected chi connectivity index (χ4v) is 2.95. The number of nitrogens with one attached hydrogen (secondary N) is 2. The van der Waals surface area contributed by atoms with Crippen molar-refractivity contribution in [2.45, 2.75) is 44.8 Å². The monoisotopic (exact) mass is 364 g/mol. The van der Waals surface area contributed by atoms with Crippen LogP contribution < -0.4 is 20.1 Å². The number of ether oxygens (including phenoxy) is 3. The van der Waals surface area contributed by atoms with Crippen LogP contribution in [0.4, 0.5) is 0 Å². The lowest BCUT2D eigenvalue weighted by Crippen LogP contribution is -2.41. The Bertz CT molecular complexity index is 614. The van der Waals surface area contributed by atoms with Gasteiger partial charge in [0.15, 0.2) is 11.5 Å². The highest BCUT2D eigenvalue weighted by Crippen LogP contribution is 2.27. The van der Waals surface area contributed by atoms with Gasteiger partial charge in [-0.2, -0.15) is 0 Å². The highest BCUT2D eigenvalue weighted by molar-refractivity contribution is 5.97. The standard InChI is InChI=1S/C19H28N2O5/c1-13(6-8-15-5-4-10-26-15)21-18(22)12-20-19(23)14-7-9-16(24-2)17(11-14)25-3/h7,9,11,13,15H,4-6,8,10,12H2,1-3H3,(H,20,23)(H,21,22)/t13-,15+/m1/s1. The molecule has 1 saturated heterocycles. The van der Waals surface area contributed by atoms with Crippen LogP contribution in [0.15, 0.2) is 18.2 Å². The normalized spacial score (nSPS) is 17.4. The molecule has 0 spiro atoms. The van der Waals surface area contributed by atoms with Crippen molar-refractivity contribution >= 4 is 11.8 Å². The first-order valence-corrected chi connectivity index (χ1v) is 8.94. The molecule has 2 amide bonds. The summed E-state index contributed by atoms with van der Waals surface area (Å²) < 4.78 is 15.9. The zero-order valence-corrected chi connectivity index (χ0v) is 15.7. The van der Waals surface area contributed by atoms with E-state index in [9.17, 15) is 9.59 Å². The van der Waals surface area contributed by atoms with E-state index in [2.05, 4.69) is 10.6 Å². The second-order valence-corrected chi connectivity index (χ2v) is 6.43. The van der Waals surface area contributed by atoms with Crippen molar-refractivity contribution in [3.8, 4) is 11.5 Å². The van der Waals surface area contributed by atoms with Gasteiger partial charge in [0.25, 0.3) is 5.91 Å². The molecule has 1 aliphatic heterocycles. The molecular weight excluding hydrogens is 336 g/mol. The summed E-state index contributed by atoms with van der Waals surface area (Å²) in [5.74, 6) is 0.459. The van der Waals surface area contributed by atoms with E-state index in [4.69, 9.17) is 14.2 Å². The Labute approximate surface area is 154 Å². The van der Waals surface area contributed by atoms with Crippen LogP contribution in [0.3, 0.4) is 0 Å². The van der Waals surface area contributed by atoms with Crippen LogP contribution in [-0.2, 0) is 9.53 Å². The first-order chi connectivity index (χ1) is 12.5. The lowest BCUT2D eigenvalue weighted by molar-refractivity contribution is -0.120. The predicted molar refractivity (Wildman–Crippen MR) is 97.7 cm³/mol. The molecule has 2 atom stereocenters. The number of rotatable bonds is 9. The van der Waals surface area contributed by atoms with Gasteiger partial charge in [-0.25, -0.2) is 0 Å². The third-order valence-corrected chi connectivity index (χ3v) is 4.41. The largest absolute Gasteiger partial charge is 0.493 e. The maximum Gasteiger partial charge on any atom is 0.251 e. The minimum absolute atomic E-state index is 0.0460. The van der Waals surface area contributed by atoms with Gasteiger partial charge < -0.3 is 24.8 Å². The maximum absolute atomic E-state index is 12.2. The Morgan fingerprint density at radius 2 is 2.04 bits per heavy atom. The van der Waals surface area contributed by atoms with Crippen molar-refractivity contribution in [3.05, 3.63) is 23.8 Å². The Hall–Kier alpha value is -2.28. The van der Waals surface area contributed by atoms with Crippen molar-refractivity contribution in [2.24, 2.45) is 0 Å². The molecule has 1 heterocycles. The van der Waals surface area contributed by atoms with Gasteiger partial charge in [0.05, 0.1) is 26.9 Å². The lowest BCUT2D eigenvalue weighted by Gasteiger charge is -2.16. The SMILES string of the molecule is COc1ccc(C(=O)NCC(=O)N[C@H](C)CC[C@@H]2CCCO2)cc1OC. The molecule has 0 unspecified atom stereocenters. The molecule has 0 bridgehead atoms. The molecule has 7 nitrogen and oxygen atoms in total. The summed E-state index contributed by atoms with van der Waals surface area (Å²) in [4.78, 5) is 24.2. The molecule has 1 fully saturated rings. The van der Waals surface area contributed by atoms with Gasteiger partial charge in [0.2, 0.25) is 5.91 Å². The van der Waals surface area contributed by atoms with E-state index < -0.39 is 0 Å². The second kappa shape index (κ2) is 10.0. The van der Waals surface area contributed by atoms with E-state index in [1.165, 1.54) is 14.2 Å². The fraction of sp³-hybridized carbons (Fsp3) is 0.579. The highest BCUT2D eigenvalue weighted by atomic mass is 16.5. The van der Waals surface area contributed by atoms with Gasteiger partial charge in [-0.05, 0) is 50.8 Å². The zero-order valence-electron chi connectivity index (χ0n) is 15.7. The summed E-state index contributed by atoms with van der Waals surface area (Å²) in [6, 6.07) is 4.90. The van der Waals surface area contributed by atoms with Crippen LogP contribution >= 0.6 is 0 Å². The number of hydrogen-bond donors (Lipinski definition) is 2. The van der Waals surface area contributed by atoms with E-state index in [0.717, 1.165) is 32.3 Å². The van der Waals surface area contributed by atoms with E-state index in [0.29, 0.717) is 23.2 Å². The quantitative estimate of drug-likeness (QED) is 0.699. The molecule has 0 radical (unpaired) electrons. The number of amides is 2. The van der Waals surface area contributed by atoms with Gasteiger partial charge >= 0.3 is 0 Å². The lowest BCUT2D eigenvalue weighted by atomic mass is 10.1. The van der Waals surface area contributed by atoms with Crippen LogP contribution in [0, 0.1) is 0 Å². The molecule has 1 aliphatic rings. The van der Waals surface area contributed by atoms with E-state index >= 15 is 0 Å². The third-order valence-electron chi connectivity index (χ3n) is 4.41. The highest BCUT2D eigenvalue weighted by Gasteiger charge is 2.17. The Kier molecular flexibility index (Phi) is 7.72. The van der Waals surface area contributed by atoms with E-state index in [1.54, 1.807) is 18.2 Å². The maximum atomic E-state index is 12.2. The van der Waals surface area contributed by atoms with Crippen LogP contribution in [0.25, 0.3) is 0 Å². The van der Waals surface area contributed by atoms with Crippen molar-refractivity contribution in [1.29, 1.82) is 0 Å². The molecule has 0 saturated carbocycles. The summed E-state index contributed by atoms with van der Waals surface area (Å²) in [6.07, 6.45) is 4.34. The van der Waals surface area contributed by atoms with Gasteiger partial charge in [-0.1, -0.05) is 0 Å². The van der Waals surface area contributed by atoms with Gasteiger partial charge in [-0.15, -0.1) is 0 Å². The summed E-state index contributed by atoms with van der Waals surface area (Å²) in [7, 11) is 3.03. The fourth-order valence-electron chi connectivity index (χ4n) is 2.95. The Morgan fingerprint density at radius 3 is 2.69 bits per heavy atom.